The fourth-order valence-corrected chi connectivity index (χ4v) is 0.963. The third kappa shape index (κ3) is 2.66. The second-order valence-electron chi connectivity index (χ2n) is 2.60. The summed E-state index contributed by atoms with van der Waals surface area (Å²) in [6.45, 7) is 3.98. The van der Waals surface area contributed by atoms with Crippen molar-refractivity contribution in [2.75, 3.05) is 0 Å². The third-order valence-corrected chi connectivity index (χ3v) is 1.76. The number of aryl methyl sites for hydroxylation is 1. The van der Waals surface area contributed by atoms with E-state index in [1.807, 2.05) is 31.8 Å². The van der Waals surface area contributed by atoms with Gasteiger partial charge >= 0.3 is 0 Å². The Morgan fingerprint density at radius 1 is 1.50 bits per heavy atom. The molecule has 12 heavy (non-hydrogen) atoms. The highest BCUT2D eigenvalue weighted by molar-refractivity contribution is 5.85. The van der Waals surface area contributed by atoms with Gasteiger partial charge in [-0.05, 0) is 13.8 Å². The Bertz CT molecular complexity index is 233. The van der Waals surface area contributed by atoms with Gasteiger partial charge in [0, 0.05) is 24.3 Å². The van der Waals surface area contributed by atoms with E-state index in [0.29, 0.717) is 0 Å². The number of aromatic nitrogens is 2. The zero-order chi connectivity index (χ0) is 7.72. The molecule has 0 fully saturated rings. The highest BCUT2D eigenvalue weighted by Gasteiger charge is 2.06. The number of rotatable bonds is 1. The lowest BCUT2D eigenvalue weighted by Crippen LogP contribution is -2.06. The molecule has 1 heterocycles. The molecule has 72 valence electrons. The Kier molecular flexibility index (Phi) is 6.43. The fourth-order valence-electron chi connectivity index (χ4n) is 0.963. The molecule has 5 heteroatoms. The summed E-state index contributed by atoms with van der Waals surface area (Å²) in [5, 5.41) is 4.07. The summed E-state index contributed by atoms with van der Waals surface area (Å²) in [4.78, 5) is 0. The molecule has 1 atom stereocenters. The minimum atomic E-state index is 0. The summed E-state index contributed by atoms with van der Waals surface area (Å²) in [7, 11) is 1.92. The summed E-state index contributed by atoms with van der Waals surface area (Å²) < 4.78 is 1.83. The van der Waals surface area contributed by atoms with E-state index in [4.69, 9.17) is 5.73 Å². The van der Waals surface area contributed by atoms with E-state index in [9.17, 15) is 0 Å². The maximum absolute atomic E-state index is 5.67. The molecule has 0 unspecified atom stereocenters. The van der Waals surface area contributed by atoms with E-state index in [0.717, 1.165) is 11.3 Å². The molecule has 0 saturated heterocycles. The molecule has 0 aliphatic carbocycles. The monoisotopic (exact) mass is 211 g/mol. The van der Waals surface area contributed by atoms with Crippen LogP contribution in [0.25, 0.3) is 0 Å². The molecule has 0 aromatic carbocycles. The Hall–Kier alpha value is -0.250. The molecular formula is C7H15Cl2N3. The fraction of sp³-hybridized carbons (Fsp3) is 0.571. The summed E-state index contributed by atoms with van der Waals surface area (Å²) in [5.74, 6) is 0. The van der Waals surface area contributed by atoms with Crippen molar-refractivity contribution in [2.24, 2.45) is 12.8 Å². The first-order chi connectivity index (χ1) is 4.63. The van der Waals surface area contributed by atoms with Crippen LogP contribution in [-0.2, 0) is 7.05 Å². The van der Waals surface area contributed by atoms with Crippen LogP contribution in [0.15, 0.2) is 6.20 Å². The van der Waals surface area contributed by atoms with Crippen molar-refractivity contribution in [1.82, 2.24) is 9.78 Å². The van der Waals surface area contributed by atoms with E-state index < -0.39 is 0 Å². The van der Waals surface area contributed by atoms with Gasteiger partial charge < -0.3 is 5.73 Å². The molecule has 0 radical (unpaired) electrons. The number of nitrogens with two attached hydrogens (primary N) is 1. The lowest BCUT2D eigenvalue weighted by Gasteiger charge is -2.02. The van der Waals surface area contributed by atoms with Gasteiger partial charge in [-0.1, -0.05) is 0 Å². The van der Waals surface area contributed by atoms with Crippen molar-refractivity contribution in [3.8, 4) is 0 Å². The lowest BCUT2D eigenvalue weighted by atomic mass is 10.1. The smallest absolute Gasteiger partial charge is 0.0540 e. The van der Waals surface area contributed by atoms with Gasteiger partial charge in [0.15, 0.2) is 0 Å². The Labute approximate surface area is 85.1 Å². The second kappa shape index (κ2) is 5.41. The Morgan fingerprint density at radius 2 is 2.00 bits per heavy atom. The highest BCUT2D eigenvalue weighted by Crippen LogP contribution is 2.12. The van der Waals surface area contributed by atoms with Crippen LogP contribution in [0.4, 0.5) is 0 Å². The molecule has 1 rings (SSSR count). The van der Waals surface area contributed by atoms with Crippen LogP contribution in [-0.4, -0.2) is 9.78 Å². The predicted octanol–water partition coefficient (Wildman–Crippen LogP) is 1.59. The minimum Gasteiger partial charge on any atom is -0.324 e. The summed E-state index contributed by atoms with van der Waals surface area (Å²) >= 11 is 0. The van der Waals surface area contributed by atoms with Crippen LogP contribution >= 0.6 is 24.8 Å². The molecule has 0 saturated carbocycles. The van der Waals surface area contributed by atoms with Crippen molar-refractivity contribution < 1.29 is 0 Å². The first kappa shape index (κ1) is 14.3. The maximum atomic E-state index is 5.67. The van der Waals surface area contributed by atoms with Crippen LogP contribution < -0.4 is 5.73 Å². The number of hydrogen-bond donors (Lipinski definition) is 1. The molecule has 0 aliphatic heterocycles. The van der Waals surface area contributed by atoms with Crippen molar-refractivity contribution in [1.29, 1.82) is 0 Å². The number of nitrogens with zero attached hydrogens (tertiary/aromatic N) is 2. The molecule has 0 amide bonds. The van der Waals surface area contributed by atoms with Gasteiger partial charge in [0.05, 0.1) is 6.20 Å². The van der Waals surface area contributed by atoms with E-state index in [1.165, 1.54) is 0 Å². The van der Waals surface area contributed by atoms with Crippen LogP contribution in [0.1, 0.15) is 24.2 Å². The molecule has 3 nitrogen and oxygen atoms in total. The topological polar surface area (TPSA) is 43.8 Å². The van der Waals surface area contributed by atoms with Gasteiger partial charge in [-0.3, -0.25) is 4.68 Å². The summed E-state index contributed by atoms with van der Waals surface area (Å²) in [6, 6.07) is 0.0914. The van der Waals surface area contributed by atoms with Gasteiger partial charge in [0.25, 0.3) is 0 Å². The van der Waals surface area contributed by atoms with E-state index in [2.05, 4.69) is 5.10 Å². The zero-order valence-corrected chi connectivity index (χ0v) is 9.08. The maximum Gasteiger partial charge on any atom is 0.0540 e. The first-order valence-corrected chi connectivity index (χ1v) is 3.37. The average Bonchev–Trinajstić information content (AvgIpc) is 2.14. The van der Waals surface area contributed by atoms with Gasteiger partial charge in [-0.15, -0.1) is 24.8 Å². The SMILES string of the molecule is Cc1c([C@@H](C)N)cnn1C.Cl.Cl. The third-order valence-electron chi connectivity index (χ3n) is 1.76. The van der Waals surface area contributed by atoms with Crippen LogP contribution in [0.3, 0.4) is 0 Å². The van der Waals surface area contributed by atoms with Crippen LogP contribution in [0.2, 0.25) is 0 Å². The predicted molar refractivity (Wildman–Crippen MR) is 55.0 cm³/mol. The van der Waals surface area contributed by atoms with Crippen molar-refractivity contribution in [2.45, 2.75) is 19.9 Å². The van der Waals surface area contributed by atoms with Crippen molar-refractivity contribution in [3.05, 3.63) is 17.5 Å². The van der Waals surface area contributed by atoms with Gasteiger partial charge in [-0.2, -0.15) is 5.10 Å². The zero-order valence-electron chi connectivity index (χ0n) is 7.44. The van der Waals surface area contributed by atoms with Crippen molar-refractivity contribution >= 4 is 24.8 Å². The number of halogens is 2. The number of hydrogen-bond acceptors (Lipinski definition) is 2. The van der Waals surface area contributed by atoms with E-state index in [1.54, 1.807) is 0 Å². The Morgan fingerprint density at radius 3 is 2.17 bits per heavy atom. The standard InChI is InChI=1S/C7H13N3.2ClH/c1-5(8)7-4-9-10(3)6(7)2;;/h4-5H,8H2,1-3H3;2*1H/t5-;;/m1../s1. The van der Waals surface area contributed by atoms with Gasteiger partial charge in [0.2, 0.25) is 0 Å². The normalized spacial score (nSPS) is 11.3. The molecule has 1 aromatic heterocycles. The summed E-state index contributed by atoms with van der Waals surface area (Å²) in [6.07, 6.45) is 1.82. The molecule has 0 spiro atoms. The van der Waals surface area contributed by atoms with Crippen LogP contribution in [0.5, 0.6) is 0 Å². The quantitative estimate of drug-likeness (QED) is 0.768. The van der Waals surface area contributed by atoms with E-state index >= 15 is 0 Å². The molecule has 1 aromatic rings. The molecule has 2 N–H and O–H groups in total. The Balaban J connectivity index is 0. The summed E-state index contributed by atoms with van der Waals surface area (Å²) in [5.41, 5.74) is 7.95. The highest BCUT2D eigenvalue weighted by atomic mass is 35.5. The second-order valence-corrected chi connectivity index (χ2v) is 2.60. The minimum absolute atomic E-state index is 0. The lowest BCUT2D eigenvalue weighted by molar-refractivity contribution is 0.730. The molecule has 0 bridgehead atoms. The molecular weight excluding hydrogens is 197 g/mol. The largest absolute Gasteiger partial charge is 0.324 e. The van der Waals surface area contributed by atoms with Gasteiger partial charge in [-0.25, -0.2) is 0 Å². The first-order valence-electron chi connectivity index (χ1n) is 3.37. The van der Waals surface area contributed by atoms with Gasteiger partial charge in [0.1, 0.15) is 0 Å². The molecule has 0 aliphatic rings. The van der Waals surface area contributed by atoms with Crippen LogP contribution in [0, 0.1) is 6.92 Å². The van der Waals surface area contributed by atoms with E-state index in [-0.39, 0.29) is 30.9 Å². The average molecular weight is 212 g/mol. The van der Waals surface area contributed by atoms with Crippen molar-refractivity contribution in [3.63, 3.8) is 0 Å².